The van der Waals surface area contributed by atoms with Crippen LogP contribution in [0.2, 0.25) is 0 Å². The van der Waals surface area contributed by atoms with Crippen LogP contribution in [-0.2, 0) is 9.53 Å². The molecule has 0 aromatic rings. The first-order chi connectivity index (χ1) is 8.16. The average Bonchev–Trinajstić information content (AvgIpc) is 2.73. The van der Waals surface area contributed by atoms with Gasteiger partial charge in [0.15, 0.2) is 0 Å². The maximum Gasteiger partial charge on any atom is 0.325 e. The first-order valence-corrected chi connectivity index (χ1v) is 6.75. The van der Waals surface area contributed by atoms with E-state index < -0.39 is 5.54 Å². The fraction of sp³-hybridized carbons (Fsp3) is 0.929. The Balaban J connectivity index is 2.41. The molecule has 4 nitrogen and oxygen atoms in total. The number of hydrogen-bond acceptors (Lipinski definition) is 4. The van der Waals surface area contributed by atoms with Crippen LogP contribution in [0.25, 0.3) is 0 Å². The summed E-state index contributed by atoms with van der Waals surface area (Å²) in [6, 6.07) is 0. The zero-order valence-corrected chi connectivity index (χ0v) is 12.7. The quantitative estimate of drug-likeness (QED) is 0.777. The predicted molar refractivity (Wildman–Crippen MR) is 73.5 cm³/mol. The summed E-state index contributed by atoms with van der Waals surface area (Å²) in [4.78, 5) is 14.1. The Kier molecular flexibility index (Phi) is 4.78. The number of ether oxygens (including phenoxy) is 1. The van der Waals surface area contributed by atoms with Crippen molar-refractivity contribution in [2.75, 3.05) is 26.7 Å². The largest absolute Gasteiger partial charge is 0.468 e. The molecule has 1 aliphatic rings. The summed E-state index contributed by atoms with van der Waals surface area (Å²) in [5, 5.41) is 3.32. The Morgan fingerprint density at radius 3 is 2.39 bits per heavy atom. The monoisotopic (exact) mass is 256 g/mol. The average molecular weight is 256 g/mol. The molecule has 1 saturated heterocycles. The van der Waals surface area contributed by atoms with Crippen molar-refractivity contribution in [3.8, 4) is 0 Å². The van der Waals surface area contributed by atoms with Crippen LogP contribution in [0.5, 0.6) is 0 Å². The fourth-order valence-corrected chi connectivity index (χ4v) is 2.34. The molecule has 1 aliphatic heterocycles. The van der Waals surface area contributed by atoms with Crippen LogP contribution < -0.4 is 5.32 Å². The van der Waals surface area contributed by atoms with Crippen molar-refractivity contribution in [1.29, 1.82) is 0 Å². The number of rotatable bonds is 4. The van der Waals surface area contributed by atoms with Crippen LogP contribution in [0, 0.1) is 5.92 Å². The maximum atomic E-state index is 11.6. The molecule has 106 valence electrons. The molecule has 0 radical (unpaired) electrons. The van der Waals surface area contributed by atoms with Crippen molar-refractivity contribution in [2.24, 2.45) is 5.92 Å². The van der Waals surface area contributed by atoms with E-state index in [-0.39, 0.29) is 11.5 Å². The van der Waals surface area contributed by atoms with Gasteiger partial charge in [0, 0.05) is 18.6 Å². The van der Waals surface area contributed by atoms with Gasteiger partial charge >= 0.3 is 5.97 Å². The van der Waals surface area contributed by atoms with Gasteiger partial charge in [0.05, 0.1) is 7.11 Å². The molecule has 1 fully saturated rings. The molecule has 1 atom stereocenters. The number of esters is 1. The van der Waals surface area contributed by atoms with Gasteiger partial charge in [-0.15, -0.1) is 0 Å². The molecule has 0 aromatic carbocycles. The third kappa shape index (κ3) is 3.95. The SMILES string of the molecule is COC(=O)C(C)(C)NCC1CCN(C(C)(C)C)C1. The van der Waals surface area contributed by atoms with Crippen LogP contribution in [0.15, 0.2) is 0 Å². The molecule has 0 saturated carbocycles. The van der Waals surface area contributed by atoms with Crippen molar-refractivity contribution in [2.45, 2.75) is 52.1 Å². The number of carbonyl (C=O) groups is 1. The van der Waals surface area contributed by atoms with Crippen molar-refractivity contribution in [3.05, 3.63) is 0 Å². The Bertz CT molecular complexity index is 295. The van der Waals surface area contributed by atoms with Gasteiger partial charge in [-0.1, -0.05) is 0 Å². The molecule has 1 heterocycles. The smallest absolute Gasteiger partial charge is 0.325 e. The second-order valence-electron chi connectivity index (χ2n) is 6.77. The molecule has 0 bridgehead atoms. The summed E-state index contributed by atoms with van der Waals surface area (Å²) < 4.78 is 4.79. The summed E-state index contributed by atoms with van der Waals surface area (Å²) in [5.74, 6) is 0.418. The Morgan fingerprint density at radius 1 is 1.33 bits per heavy atom. The minimum absolute atomic E-state index is 0.201. The lowest BCUT2D eigenvalue weighted by Gasteiger charge is -2.32. The molecule has 0 aromatic heterocycles. The minimum Gasteiger partial charge on any atom is -0.468 e. The molecular formula is C14H28N2O2. The van der Waals surface area contributed by atoms with E-state index in [0.717, 1.165) is 19.6 Å². The van der Waals surface area contributed by atoms with Crippen molar-refractivity contribution >= 4 is 5.97 Å². The predicted octanol–water partition coefficient (Wildman–Crippen LogP) is 1.65. The van der Waals surface area contributed by atoms with E-state index >= 15 is 0 Å². The number of likely N-dealkylation sites (tertiary alicyclic amines) is 1. The molecule has 0 spiro atoms. The number of carbonyl (C=O) groups excluding carboxylic acids is 1. The molecule has 1 rings (SSSR count). The summed E-state index contributed by atoms with van der Waals surface area (Å²) in [6.07, 6.45) is 1.20. The highest BCUT2D eigenvalue weighted by Crippen LogP contribution is 2.24. The Morgan fingerprint density at radius 2 is 1.94 bits per heavy atom. The van der Waals surface area contributed by atoms with Gasteiger partial charge in [-0.3, -0.25) is 9.69 Å². The summed E-state index contributed by atoms with van der Waals surface area (Å²) in [7, 11) is 1.43. The first-order valence-electron chi connectivity index (χ1n) is 6.75. The van der Waals surface area contributed by atoms with Gasteiger partial charge in [0.2, 0.25) is 0 Å². The molecule has 0 amide bonds. The van der Waals surface area contributed by atoms with E-state index in [0.29, 0.717) is 5.92 Å². The van der Waals surface area contributed by atoms with E-state index in [4.69, 9.17) is 4.74 Å². The lowest BCUT2D eigenvalue weighted by atomic mass is 10.0. The topological polar surface area (TPSA) is 41.6 Å². The summed E-state index contributed by atoms with van der Waals surface area (Å²) in [6.45, 7) is 13.6. The first kappa shape index (κ1) is 15.4. The van der Waals surface area contributed by atoms with Crippen LogP contribution in [0.4, 0.5) is 0 Å². The van der Waals surface area contributed by atoms with Gasteiger partial charge in [-0.05, 0) is 53.5 Å². The van der Waals surface area contributed by atoms with Crippen molar-refractivity contribution in [1.82, 2.24) is 10.2 Å². The highest BCUT2D eigenvalue weighted by atomic mass is 16.5. The van der Waals surface area contributed by atoms with Crippen molar-refractivity contribution in [3.63, 3.8) is 0 Å². The second-order valence-corrected chi connectivity index (χ2v) is 6.77. The second kappa shape index (κ2) is 5.57. The Labute approximate surface area is 111 Å². The molecule has 4 heteroatoms. The lowest BCUT2D eigenvalue weighted by molar-refractivity contribution is -0.147. The van der Waals surface area contributed by atoms with E-state index in [9.17, 15) is 4.79 Å². The van der Waals surface area contributed by atoms with Gasteiger partial charge < -0.3 is 10.1 Å². The maximum absolute atomic E-state index is 11.6. The van der Waals surface area contributed by atoms with E-state index in [1.165, 1.54) is 13.5 Å². The van der Waals surface area contributed by atoms with Crippen LogP contribution in [0.1, 0.15) is 41.0 Å². The molecule has 0 aliphatic carbocycles. The van der Waals surface area contributed by atoms with Crippen LogP contribution in [-0.4, -0.2) is 48.7 Å². The zero-order chi connectivity index (χ0) is 14.0. The molecule has 18 heavy (non-hydrogen) atoms. The highest BCUT2D eigenvalue weighted by molar-refractivity contribution is 5.79. The van der Waals surface area contributed by atoms with E-state index in [2.05, 4.69) is 31.0 Å². The molecule has 1 N–H and O–H groups in total. The normalized spacial score (nSPS) is 22.2. The molecular weight excluding hydrogens is 228 g/mol. The molecule has 1 unspecified atom stereocenters. The van der Waals surface area contributed by atoms with Gasteiger partial charge in [0.1, 0.15) is 5.54 Å². The standard InChI is InChI=1S/C14H28N2O2/c1-13(2,3)16-8-7-11(10-16)9-15-14(4,5)12(17)18-6/h11,15H,7-10H2,1-6H3. The Hall–Kier alpha value is -0.610. The summed E-state index contributed by atoms with van der Waals surface area (Å²) in [5.41, 5.74) is -0.351. The number of nitrogens with zero attached hydrogens (tertiary/aromatic N) is 1. The van der Waals surface area contributed by atoms with Gasteiger partial charge in [-0.25, -0.2) is 0 Å². The number of hydrogen-bond donors (Lipinski definition) is 1. The van der Waals surface area contributed by atoms with Crippen LogP contribution >= 0.6 is 0 Å². The minimum atomic E-state index is -0.593. The lowest BCUT2D eigenvalue weighted by Crippen LogP contribution is -2.49. The van der Waals surface area contributed by atoms with Gasteiger partial charge in [0.25, 0.3) is 0 Å². The van der Waals surface area contributed by atoms with Crippen molar-refractivity contribution < 1.29 is 9.53 Å². The number of methoxy groups -OCH3 is 1. The highest BCUT2D eigenvalue weighted by Gasteiger charge is 2.33. The van der Waals surface area contributed by atoms with E-state index in [1.807, 2.05) is 13.8 Å². The fourth-order valence-electron chi connectivity index (χ4n) is 2.34. The third-order valence-corrected chi connectivity index (χ3v) is 3.76. The zero-order valence-electron chi connectivity index (χ0n) is 12.7. The summed E-state index contributed by atoms with van der Waals surface area (Å²) >= 11 is 0. The van der Waals surface area contributed by atoms with Gasteiger partial charge in [-0.2, -0.15) is 0 Å². The third-order valence-electron chi connectivity index (χ3n) is 3.76. The van der Waals surface area contributed by atoms with Crippen LogP contribution in [0.3, 0.4) is 0 Å². The van der Waals surface area contributed by atoms with E-state index in [1.54, 1.807) is 0 Å². The number of nitrogens with one attached hydrogen (secondary N) is 1.